The molecule has 0 saturated carbocycles. The zero-order valence-electron chi connectivity index (χ0n) is 31.6. The number of rotatable bonds is 5. The van der Waals surface area contributed by atoms with Crippen molar-refractivity contribution in [3.63, 3.8) is 0 Å². The molecule has 2 nitrogen and oxygen atoms in total. The van der Waals surface area contributed by atoms with E-state index in [4.69, 9.17) is 0 Å². The molecule has 2 aliphatic heterocycles. The highest BCUT2D eigenvalue weighted by Gasteiger charge is 2.51. The monoisotopic (exact) mass is 744 g/mol. The molecule has 1 spiro atoms. The Hall–Kier alpha value is -7.49. The van der Waals surface area contributed by atoms with Crippen molar-refractivity contribution < 1.29 is 4.39 Å². The maximum absolute atomic E-state index is 13.8. The largest absolute Gasteiger partial charge is 0.310 e. The maximum atomic E-state index is 13.8. The number of nitrogens with zero attached hydrogens (tertiary/aromatic N) is 2. The summed E-state index contributed by atoms with van der Waals surface area (Å²) in [6, 6.07) is 79.4. The van der Waals surface area contributed by atoms with Crippen LogP contribution in [0, 0.1) is 5.82 Å². The predicted octanol–water partition coefficient (Wildman–Crippen LogP) is 14.8. The summed E-state index contributed by atoms with van der Waals surface area (Å²) in [6.45, 7) is 0. The van der Waals surface area contributed by atoms with Crippen molar-refractivity contribution >= 4 is 34.1 Å². The molecule has 0 amide bonds. The quantitative estimate of drug-likeness (QED) is 0.173. The summed E-state index contributed by atoms with van der Waals surface area (Å²) in [7, 11) is 0. The molecule has 0 aliphatic carbocycles. The molecule has 0 fully saturated rings. The fourth-order valence-electron chi connectivity index (χ4n) is 9.36. The number of benzene rings is 9. The zero-order chi connectivity index (χ0) is 38.6. The van der Waals surface area contributed by atoms with E-state index >= 15 is 0 Å². The number of halogens is 1. The lowest BCUT2D eigenvalue weighted by Crippen LogP contribution is -2.42. The van der Waals surface area contributed by atoms with Crippen LogP contribution >= 0.6 is 0 Å². The summed E-state index contributed by atoms with van der Waals surface area (Å²) in [4.78, 5) is 4.85. The highest BCUT2D eigenvalue weighted by atomic mass is 19.1. The first-order valence-corrected chi connectivity index (χ1v) is 19.8. The maximum Gasteiger partial charge on any atom is 0.123 e. The van der Waals surface area contributed by atoms with Crippen molar-refractivity contribution in [3.8, 4) is 33.4 Å². The topological polar surface area (TPSA) is 6.48 Å². The smallest absolute Gasteiger partial charge is 0.123 e. The van der Waals surface area contributed by atoms with Gasteiger partial charge in [0.05, 0.1) is 28.2 Å². The molecule has 11 rings (SSSR count). The van der Waals surface area contributed by atoms with Gasteiger partial charge in [0.15, 0.2) is 0 Å². The van der Waals surface area contributed by atoms with Gasteiger partial charge in [-0.25, -0.2) is 4.39 Å². The van der Waals surface area contributed by atoms with E-state index in [9.17, 15) is 4.39 Å². The van der Waals surface area contributed by atoms with Crippen molar-refractivity contribution in [1.82, 2.24) is 0 Å². The zero-order valence-corrected chi connectivity index (χ0v) is 31.6. The first-order valence-electron chi connectivity index (χ1n) is 19.8. The molecule has 0 saturated heterocycles. The van der Waals surface area contributed by atoms with Crippen LogP contribution in [0.4, 0.5) is 38.5 Å². The van der Waals surface area contributed by atoms with E-state index in [0.717, 1.165) is 45.3 Å². The number of fused-ring (bicyclic) bond motifs is 8. The average molecular weight is 745 g/mol. The molecule has 0 unspecified atom stereocenters. The lowest BCUT2D eigenvalue weighted by atomic mass is 9.60. The lowest BCUT2D eigenvalue weighted by Gasteiger charge is -2.51. The van der Waals surface area contributed by atoms with E-state index in [1.165, 1.54) is 56.6 Å². The van der Waals surface area contributed by atoms with Crippen LogP contribution in [0.25, 0.3) is 33.4 Å². The minimum atomic E-state index is -0.658. The Morgan fingerprint density at radius 1 is 0.276 bits per heavy atom. The summed E-state index contributed by atoms with van der Waals surface area (Å²) < 4.78 is 13.8. The van der Waals surface area contributed by atoms with Gasteiger partial charge < -0.3 is 9.80 Å². The normalized spacial score (nSPS) is 13.3. The van der Waals surface area contributed by atoms with Crippen molar-refractivity contribution in [2.45, 2.75) is 5.41 Å². The van der Waals surface area contributed by atoms with Gasteiger partial charge in [-0.05, 0) is 122 Å². The van der Waals surface area contributed by atoms with Gasteiger partial charge in [-0.2, -0.15) is 0 Å². The van der Waals surface area contributed by atoms with Gasteiger partial charge in [0.25, 0.3) is 0 Å². The number of para-hydroxylation sites is 3. The summed E-state index contributed by atoms with van der Waals surface area (Å²) in [5, 5.41) is 0. The second-order valence-corrected chi connectivity index (χ2v) is 15.0. The van der Waals surface area contributed by atoms with Crippen molar-refractivity contribution in [1.29, 1.82) is 0 Å². The van der Waals surface area contributed by atoms with Gasteiger partial charge in [-0.3, -0.25) is 0 Å². The Balaban J connectivity index is 1.16. The van der Waals surface area contributed by atoms with Crippen molar-refractivity contribution in [3.05, 3.63) is 253 Å². The van der Waals surface area contributed by atoms with Gasteiger partial charge in [-0.1, -0.05) is 158 Å². The van der Waals surface area contributed by atoms with E-state index in [1.54, 1.807) is 0 Å². The highest BCUT2D eigenvalue weighted by Crippen LogP contribution is 2.64. The van der Waals surface area contributed by atoms with Crippen LogP contribution in [-0.2, 0) is 5.41 Å². The van der Waals surface area contributed by atoms with Gasteiger partial charge in [0.1, 0.15) is 5.82 Å². The molecule has 3 heteroatoms. The van der Waals surface area contributed by atoms with E-state index in [-0.39, 0.29) is 5.82 Å². The Morgan fingerprint density at radius 3 is 1.05 bits per heavy atom. The van der Waals surface area contributed by atoms with E-state index in [0.29, 0.717) is 0 Å². The molecular weight excluding hydrogens is 708 g/mol. The summed E-state index contributed by atoms with van der Waals surface area (Å²) in [5.74, 6) is -0.235. The van der Waals surface area contributed by atoms with Crippen LogP contribution in [0.3, 0.4) is 0 Å². The van der Waals surface area contributed by atoms with Crippen LogP contribution in [0.2, 0.25) is 0 Å². The van der Waals surface area contributed by atoms with Crippen molar-refractivity contribution in [2.75, 3.05) is 9.80 Å². The van der Waals surface area contributed by atoms with Gasteiger partial charge in [0, 0.05) is 11.4 Å². The molecule has 0 bridgehead atoms. The minimum Gasteiger partial charge on any atom is -0.310 e. The van der Waals surface area contributed by atoms with Crippen LogP contribution in [0.1, 0.15) is 22.3 Å². The van der Waals surface area contributed by atoms with Gasteiger partial charge >= 0.3 is 0 Å². The van der Waals surface area contributed by atoms with Crippen LogP contribution in [-0.4, -0.2) is 0 Å². The predicted molar refractivity (Wildman–Crippen MR) is 237 cm³/mol. The third kappa shape index (κ3) is 5.24. The second kappa shape index (κ2) is 13.6. The van der Waals surface area contributed by atoms with E-state index < -0.39 is 5.41 Å². The first-order chi connectivity index (χ1) is 28.7. The van der Waals surface area contributed by atoms with E-state index in [1.807, 2.05) is 12.1 Å². The summed E-state index contributed by atoms with van der Waals surface area (Å²) >= 11 is 0. The Morgan fingerprint density at radius 2 is 0.603 bits per heavy atom. The molecular formula is C55H37FN2. The first kappa shape index (κ1) is 33.8. The van der Waals surface area contributed by atoms with Crippen LogP contribution < -0.4 is 9.80 Å². The minimum absolute atomic E-state index is 0.235. The summed E-state index contributed by atoms with van der Waals surface area (Å²) in [6.07, 6.45) is 0. The molecule has 58 heavy (non-hydrogen) atoms. The second-order valence-electron chi connectivity index (χ2n) is 15.0. The molecule has 0 aromatic heterocycles. The fourth-order valence-corrected chi connectivity index (χ4v) is 9.36. The number of anilines is 6. The SMILES string of the molecule is Fc1ccc(-c2ccc(N3c4ccccc4C4(c5ccccc53)c3ccccc3N(c3ccc(-c5ccccc5)cc3)c3ccc(-c5ccccc5)cc34)cc2)cc1. The molecule has 9 aromatic carbocycles. The molecule has 274 valence electrons. The number of hydrogen-bond donors (Lipinski definition) is 0. The fraction of sp³-hybridized carbons (Fsp3) is 0.0182. The molecule has 9 aromatic rings. The van der Waals surface area contributed by atoms with Gasteiger partial charge in [0.2, 0.25) is 0 Å². The van der Waals surface area contributed by atoms with Crippen LogP contribution in [0.5, 0.6) is 0 Å². The Bertz CT molecular complexity index is 2890. The average Bonchev–Trinajstić information content (AvgIpc) is 3.30. The molecule has 0 N–H and O–H groups in total. The van der Waals surface area contributed by atoms with Crippen molar-refractivity contribution in [2.24, 2.45) is 0 Å². The number of hydrogen-bond acceptors (Lipinski definition) is 2. The molecule has 0 atom stereocenters. The lowest BCUT2D eigenvalue weighted by molar-refractivity contribution is 0.628. The third-order valence-corrected chi connectivity index (χ3v) is 11.9. The Kier molecular flexibility index (Phi) is 7.94. The third-order valence-electron chi connectivity index (χ3n) is 11.9. The molecule has 2 aliphatic rings. The standard InChI is InChI=1S/C55H37FN2/c56-44-30-23-40(24-31-44)42-27-34-45(35-28-42)57-51-20-10-7-17-47(51)55(48-18-8-11-21-52(48)57)49-19-9-12-22-53(49)58(46-32-25-41(26-33-46)38-13-3-1-4-14-38)54-36-29-43(37-50(54)55)39-15-5-2-6-16-39/h1-37H. The molecule has 2 heterocycles. The van der Waals surface area contributed by atoms with Gasteiger partial charge in [-0.15, -0.1) is 0 Å². The summed E-state index contributed by atoms with van der Waals surface area (Å²) in [5.41, 5.74) is 17.7. The van der Waals surface area contributed by atoms with E-state index in [2.05, 4.69) is 210 Å². The highest BCUT2D eigenvalue weighted by molar-refractivity contribution is 5.97. The Labute approximate surface area is 338 Å². The molecule has 0 radical (unpaired) electrons. The van der Waals surface area contributed by atoms with Crippen LogP contribution in [0.15, 0.2) is 224 Å².